The van der Waals surface area contributed by atoms with E-state index in [-0.39, 0.29) is 19.4 Å². The normalized spacial score (nSPS) is 28.9. The fraction of sp³-hybridized carbons (Fsp3) is 0.583. The van der Waals surface area contributed by atoms with Crippen LogP contribution in [0.4, 0.5) is 4.79 Å². The number of sulfonamides is 1. The van der Waals surface area contributed by atoms with Crippen molar-refractivity contribution in [3.05, 3.63) is 48.7 Å². The van der Waals surface area contributed by atoms with E-state index in [0.717, 1.165) is 23.6 Å². The van der Waals surface area contributed by atoms with Crippen molar-refractivity contribution < 1.29 is 37.1 Å². The van der Waals surface area contributed by atoms with Crippen LogP contribution < -0.4 is 20.1 Å². The van der Waals surface area contributed by atoms with E-state index in [9.17, 15) is 27.6 Å². The van der Waals surface area contributed by atoms with Crippen LogP contribution in [0.3, 0.4) is 0 Å². The topological polar surface area (TPSA) is 173 Å². The lowest BCUT2D eigenvalue weighted by molar-refractivity contribution is -0.141. The molecule has 0 radical (unpaired) electrons. The summed E-state index contributed by atoms with van der Waals surface area (Å²) in [4.78, 5) is 61.1. The Bertz CT molecular complexity index is 1800. The number of carbonyl (C=O) groups excluding carboxylic acids is 4. The summed E-state index contributed by atoms with van der Waals surface area (Å²) in [6, 6.07) is 7.38. The predicted molar refractivity (Wildman–Crippen MR) is 185 cm³/mol. The SMILES string of the molecule is CC(C)(C)OC(=O)NC1CCCCC/C=C\C2CC2(C(=O)NS(=O)(=O)C2(C)CC2)NC(=O)C2CC(Oc3nccc4ccccc34)CN2C1=O. The van der Waals surface area contributed by atoms with Gasteiger partial charge in [0, 0.05) is 23.9 Å². The molecule has 4 amide bonds. The summed E-state index contributed by atoms with van der Waals surface area (Å²) in [5.74, 6) is -1.93. The first kappa shape index (κ1) is 35.6. The number of hydrogen-bond acceptors (Lipinski definition) is 9. The summed E-state index contributed by atoms with van der Waals surface area (Å²) in [6.45, 7) is 6.80. The van der Waals surface area contributed by atoms with Gasteiger partial charge in [0.15, 0.2) is 0 Å². The number of benzene rings is 1. The minimum absolute atomic E-state index is 0.0174. The van der Waals surface area contributed by atoms with E-state index < -0.39 is 73.8 Å². The average molecular weight is 710 g/mol. The fourth-order valence-corrected chi connectivity index (χ4v) is 8.05. The first-order valence-corrected chi connectivity index (χ1v) is 19.0. The zero-order valence-electron chi connectivity index (χ0n) is 29.1. The highest BCUT2D eigenvalue weighted by Crippen LogP contribution is 2.47. The van der Waals surface area contributed by atoms with Crippen LogP contribution in [-0.2, 0) is 29.1 Å². The van der Waals surface area contributed by atoms with Crippen LogP contribution in [-0.4, -0.2) is 82.7 Å². The molecule has 2 aromatic rings. The van der Waals surface area contributed by atoms with E-state index in [1.807, 2.05) is 42.5 Å². The van der Waals surface area contributed by atoms with Gasteiger partial charge in [0.05, 0.1) is 11.3 Å². The van der Waals surface area contributed by atoms with E-state index in [1.165, 1.54) is 4.90 Å². The van der Waals surface area contributed by atoms with Gasteiger partial charge in [-0.15, -0.1) is 0 Å². The van der Waals surface area contributed by atoms with Gasteiger partial charge in [-0.3, -0.25) is 19.1 Å². The van der Waals surface area contributed by atoms with E-state index >= 15 is 0 Å². The third kappa shape index (κ3) is 7.59. The molecule has 1 saturated heterocycles. The molecule has 3 N–H and O–H groups in total. The third-order valence-corrected chi connectivity index (χ3v) is 12.2. The maximum absolute atomic E-state index is 14.4. The Morgan fingerprint density at radius 1 is 1.08 bits per heavy atom. The highest BCUT2D eigenvalue weighted by molar-refractivity contribution is 7.91. The van der Waals surface area contributed by atoms with Crippen molar-refractivity contribution in [3.63, 3.8) is 0 Å². The molecule has 14 heteroatoms. The first-order valence-electron chi connectivity index (χ1n) is 17.5. The highest BCUT2D eigenvalue weighted by atomic mass is 32.2. The molecule has 13 nitrogen and oxygen atoms in total. The monoisotopic (exact) mass is 709 g/mol. The van der Waals surface area contributed by atoms with Crippen LogP contribution in [0, 0.1) is 5.92 Å². The third-order valence-electron chi connectivity index (χ3n) is 10.1. The molecular formula is C36H47N5O8S. The Balaban J connectivity index is 1.30. The van der Waals surface area contributed by atoms with Gasteiger partial charge < -0.3 is 25.0 Å². The number of amides is 4. The summed E-state index contributed by atoms with van der Waals surface area (Å²) >= 11 is 0. The number of hydrogen-bond donors (Lipinski definition) is 3. The Morgan fingerprint density at radius 2 is 1.84 bits per heavy atom. The maximum Gasteiger partial charge on any atom is 0.408 e. The van der Waals surface area contributed by atoms with Crippen molar-refractivity contribution >= 4 is 44.6 Å². The zero-order chi connectivity index (χ0) is 35.9. The van der Waals surface area contributed by atoms with Crippen LogP contribution >= 0.6 is 0 Å². The van der Waals surface area contributed by atoms with Crippen molar-refractivity contribution in [1.82, 2.24) is 25.2 Å². The number of carbonyl (C=O) groups is 4. The van der Waals surface area contributed by atoms with Gasteiger partial charge in [0.1, 0.15) is 29.3 Å². The average Bonchev–Trinajstić information content (AvgIpc) is 3.92. The number of allylic oxidation sites excluding steroid dienone is 1. The molecule has 50 heavy (non-hydrogen) atoms. The van der Waals surface area contributed by atoms with E-state index in [0.29, 0.717) is 38.0 Å². The van der Waals surface area contributed by atoms with Crippen LogP contribution in [0.15, 0.2) is 48.7 Å². The Morgan fingerprint density at radius 3 is 2.58 bits per heavy atom. The predicted octanol–water partition coefficient (Wildman–Crippen LogP) is 3.87. The van der Waals surface area contributed by atoms with Gasteiger partial charge >= 0.3 is 6.09 Å². The molecular weight excluding hydrogens is 662 g/mol. The van der Waals surface area contributed by atoms with Gasteiger partial charge in [-0.05, 0) is 83.7 Å². The molecule has 4 aliphatic rings. The first-order chi connectivity index (χ1) is 23.6. The van der Waals surface area contributed by atoms with Gasteiger partial charge in [0.25, 0.3) is 5.91 Å². The van der Waals surface area contributed by atoms with Crippen LogP contribution in [0.1, 0.15) is 85.5 Å². The lowest BCUT2D eigenvalue weighted by Crippen LogP contribution is -2.58. The minimum atomic E-state index is -3.97. The molecule has 2 saturated carbocycles. The molecule has 6 rings (SSSR count). The van der Waals surface area contributed by atoms with Crippen molar-refractivity contribution in [2.75, 3.05) is 6.54 Å². The van der Waals surface area contributed by atoms with Crippen molar-refractivity contribution in [2.45, 2.75) is 120 Å². The second-order valence-corrected chi connectivity index (χ2v) is 17.4. The number of alkyl carbamates (subject to hydrolysis) is 1. The highest BCUT2D eigenvalue weighted by Gasteiger charge is 2.63. The molecule has 3 heterocycles. The fourth-order valence-electron chi connectivity index (χ4n) is 6.74. The van der Waals surface area contributed by atoms with Crippen molar-refractivity contribution in [1.29, 1.82) is 0 Å². The summed E-state index contributed by atoms with van der Waals surface area (Å²) in [5.41, 5.74) is -2.29. The van der Waals surface area contributed by atoms with Crippen LogP contribution in [0.5, 0.6) is 5.88 Å². The Kier molecular flexibility index (Phi) is 9.61. The molecule has 1 aromatic carbocycles. The number of nitrogens with one attached hydrogen (secondary N) is 3. The summed E-state index contributed by atoms with van der Waals surface area (Å²) in [6.07, 6.45) is 8.49. The minimum Gasteiger partial charge on any atom is -0.472 e. The van der Waals surface area contributed by atoms with Crippen molar-refractivity contribution in [3.8, 4) is 5.88 Å². The zero-order valence-corrected chi connectivity index (χ0v) is 29.9. The molecule has 270 valence electrons. The van der Waals surface area contributed by atoms with Crippen LogP contribution in [0.25, 0.3) is 10.8 Å². The van der Waals surface area contributed by atoms with Gasteiger partial charge in [-0.2, -0.15) is 0 Å². The number of pyridine rings is 1. The maximum atomic E-state index is 14.4. The number of rotatable bonds is 6. The molecule has 5 atom stereocenters. The van der Waals surface area contributed by atoms with Gasteiger partial charge in [0.2, 0.25) is 27.7 Å². The van der Waals surface area contributed by atoms with Crippen molar-refractivity contribution in [2.24, 2.45) is 5.92 Å². The molecule has 2 aliphatic heterocycles. The standard InChI is InChI=1S/C36H47N5O8S/c1-34(2,3)49-33(45)38-27-15-9-7-5-6-8-13-24-21-36(24,32(44)40-50(46,47)35(4)17-18-35)39-29(42)28-20-25(22-41(28)31(27)43)48-30-26-14-11-10-12-23(26)16-19-37-30/h8,10-14,16,19,24-25,27-28H,5-7,9,15,17-18,20-22H2,1-4H3,(H,38,45)(H,39,42)(H,40,44)/b13-8-. The molecule has 0 bridgehead atoms. The summed E-state index contributed by atoms with van der Waals surface area (Å²) < 4.78 is 39.2. The van der Waals surface area contributed by atoms with E-state index in [1.54, 1.807) is 33.9 Å². The van der Waals surface area contributed by atoms with Crippen LogP contribution in [0.2, 0.25) is 0 Å². The lowest BCUT2D eigenvalue weighted by Gasteiger charge is -2.30. The van der Waals surface area contributed by atoms with Gasteiger partial charge in [-0.25, -0.2) is 18.2 Å². The lowest BCUT2D eigenvalue weighted by atomic mass is 10.0. The second kappa shape index (κ2) is 13.5. The number of aromatic nitrogens is 1. The molecule has 5 unspecified atom stereocenters. The quantitative estimate of drug-likeness (QED) is 0.377. The molecule has 0 spiro atoms. The van der Waals surface area contributed by atoms with E-state index in [4.69, 9.17) is 9.47 Å². The molecule has 2 aliphatic carbocycles. The second-order valence-electron chi connectivity index (χ2n) is 15.2. The summed E-state index contributed by atoms with van der Waals surface area (Å²) in [5, 5.41) is 7.31. The van der Waals surface area contributed by atoms with Gasteiger partial charge in [-0.1, -0.05) is 43.2 Å². The summed E-state index contributed by atoms with van der Waals surface area (Å²) in [7, 11) is -3.97. The Labute approximate surface area is 293 Å². The smallest absolute Gasteiger partial charge is 0.408 e. The number of fused-ring (bicyclic) bond motifs is 3. The van der Waals surface area contributed by atoms with E-state index in [2.05, 4.69) is 20.3 Å². The molecule has 1 aromatic heterocycles. The molecule has 3 fully saturated rings. The Hall–Kier alpha value is -4.20. The number of ether oxygens (including phenoxy) is 2. The number of nitrogens with zero attached hydrogens (tertiary/aromatic N) is 2. The largest absolute Gasteiger partial charge is 0.472 e.